The van der Waals surface area contributed by atoms with Crippen LogP contribution >= 0.6 is 11.8 Å². The van der Waals surface area contributed by atoms with Gasteiger partial charge in [0.05, 0.1) is 5.75 Å². The highest BCUT2D eigenvalue weighted by molar-refractivity contribution is 7.99. The van der Waals surface area contributed by atoms with Gasteiger partial charge in [-0.2, -0.15) is 0 Å². The van der Waals surface area contributed by atoms with E-state index in [-0.39, 0.29) is 23.4 Å². The maximum Gasteiger partial charge on any atom is 0.343 e. The summed E-state index contributed by atoms with van der Waals surface area (Å²) in [5.41, 5.74) is -0.245. The number of methoxy groups -OCH3 is 1. The molecule has 1 fully saturated rings. The molecule has 1 amide bonds. The van der Waals surface area contributed by atoms with Crippen LogP contribution < -0.4 is 11.0 Å². The van der Waals surface area contributed by atoms with Crippen molar-refractivity contribution in [3.63, 3.8) is 0 Å². The van der Waals surface area contributed by atoms with E-state index in [2.05, 4.69) is 22.4 Å². The van der Waals surface area contributed by atoms with Crippen LogP contribution in [0.5, 0.6) is 0 Å². The molecule has 0 saturated heterocycles. The van der Waals surface area contributed by atoms with Gasteiger partial charge in [-0.25, -0.2) is 9.89 Å². The number of rotatable bonds is 8. The fourth-order valence-electron chi connectivity index (χ4n) is 2.89. The average molecular weight is 342 g/mol. The number of amides is 1. The fourth-order valence-corrected chi connectivity index (χ4v) is 3.67. The summed E-state index contributed by atoms with van der Waals surface area (Å²) in [6.45, 7) is 3.31. The Morgan fingerprint density at radius 3 is 3.00 bits per heavy atom. The number of carbonyl (C=O) groups excluding carboxylic acids is 1. The third-order valence-corrected chi connectivity index (χ3v) is 5.22. The first-order valence-electron chi connectivity index (χ1n) is 8.18. The van der Waals surface area contributed by atoms with E-state index in [0.717, 1.165) is 12.8 Å². The highest BCUT2D eigenvalue weighted by Crippen LogP contribution is 2.24. The van der Waals surface area contributed by atoms with Crippen molar-refractivity contribution in [2.45, 2.75) is 56.8 Å². The summed E-state index contributed by atoms with van der Waals surface area (Å²) >= 11 is 1.29. The van der Waals surface area contributed by atoms with Gasteiger partial charge in [0.25, 0.3) is 0 Å². The molecule has 0 radical (unpaired) electrons. The van der Waals surface area contributed by atoms with Crippen LogP contribution in [0.4, 0.5) is 0 Å². The molecule has 1 aliphatic carbocycles. The van der Waals surface area contributed by atoms with Crippen molar-refractivity contribution in [1.82, 2.24) is 20.1 Å². The van der Waals surface area contributed by atoms with Crippen LogP contribution in [-0.2, 0) is 16.1 Å². The second-order valence-corrected chi connectivity index (χ2v) is 6.98. The molecule has 130 valence electrons. The van der Waals surface area contributed by atoms with E-state index in [0.29, 0.717) is 24.2 Å². The zero-order valence-corrected chi connectivity index (χ0v) is 14.7. The largest absolute Gasteiger partial charge is 0.385 e. The quantitative estimate of drug-likeness (QED) is 0.550. The number of carbonyl (C=O) groups is 1. The Morgan fingerprint density at radius 2 is 2.26 bits per heavy atom. The Morgan fingerprint density at radius 1 is 1.48 bits per heavy atom. The SMILES string of the molecule is COCCCn1c(SCC(=O)NC2CCCCC2C)n[nH]c1=O. The first-order valence-corrected chi connectivity index (χ1v) is 9.16. The van der Waals surface area contributed by atoms with Gasteiger partial charge < -0.3 is 10.1 Å². The standard InChI is InChI=1S/C15H26N4O3S/c1-11-6-3-4-7-12(11)16-13(20)10-23-15-18-17-14(21)19(15)8-5-9-22-2/h11-12H,3-10H2,1-2H3,(H,16,20)(H,17,21). The summed E-state index contributed by atoms with van der Waals surface area (Å²) in [5.74, 6) is 0.820. The Balaban J connectivity index is 1.83. The van der Waals surface area contributed by atoms with E-state index in [1.165, 1.54) is 31.0 Å². The Labute approximate surface area is 140 Å². The highest BCUT2D eigenvalue weighted by Gasteiger charge is 2.23. The molecule has 1 aromatic heterocycles. The molecule has 0 spiro atoms. The fraction of sp³-hybridized carbons (Fsp3) is 0.800. The van der Waals surface area contributed by atoms with Crippen molar-refractivity contribution in [3.8, 4) is 0 Å². The minimum Gasteiger partial charge on any atom is -0.385 e. The van der Waals surface area contributed by atoms with Gasteiger partial charge in [-0.1, -0.05) is 31.5 Å². The summed E-state index contributed by atoms with van der Waals surface area (Å²) in [5, 5.41) is 10.1. The Kier molecular flexibility index (Phi) is 7.16. The number of nitrogens with one attached hydrogen (secondary N) is 2. The molecular weight excluding hydrogens is 316 g/mol. The number of thioether (sulfide) groups is 1. The number of ether oxygens (including phenoxy) is 1. The third-order valence-electron chi connectivity index (χ3n) is 4.24. The van der Waals surface area contributed by atoms with E-state index in [1.54, 1.807) is 11.7 Å². The molecular formula is C15H26N4O3S. The summed E-state index contributed by atoms with van der Waals surface area (Å²) in [6.07, 6.45) is 5.40. The second-order valence-electron chi connectivity index (χ2n) is 6.03. The van der Waals surface area contributed by atoms with E-state index in [4.69, 9.17) is 4.74 Å². The van der Waals surface area contributed by atoms with Gasteiger partial charge in [0.15, 0.2) is 5.16 Å². The molecule has 8 heteroatoms. The molecule has 2 rings (SSSR count). The normalized spacial score (nSPS) is 21.3. The van der Waals surface area contributed by atoms with Crippen molar-refractivity contribution in [2.24, 2.45) is 5.92 Å². The van der Waals surface area contributed by atoms with Gasteiger partial charge in [-0.3, -0.25) is 9.36 Å². The van der Waals surface area contributed by atoms with Gasteiger partial charge in [-0.05, 0) is 25.2 Å². The lowest BCUT2D eigenvalue weighted by atomic mass is 9.86. The van der Waals surface area contributed by atoms with Crippen molar-refractivity contribution in [3.05, 3.63) is 10.5 Å². The van der Waals surface area contributed by atoms with Crippen LogP contribution in [-0.4, -0.2) is 46.2 Å². The van der Waals surface area contributed by atoms with Gasteiger partial charge in [-0.15, -0.1) is 5.10 Å². The average Bonchev–Trinajstić information content (AvgIpc) is 2.88. The number of aromatic amines is 1. The van der Waals surface area contributed by atoms with Gasteiger partial charge in [0, 0.05) is 26.3 Å². The molecule has 1 heterocycles. The molecule has 2 unspecified atom stereocenters. The predicted molar refractivity (Wildman–Crippen MR) is 89.6 cm³/mol. The van der Waals surface area contributed by atoms with E-state index in [1.807, 2.05) is 0 Å². The van der Waals surface area contributed by atoms with Crippen LogP contribution in [0, 0.1) is 5.92 Å². The maximum absolute atomic E-state index is 12.1. The number of H-pyrrole nitrogens is 1. The first kappa shape index (κ1) is 18.1. The lowest BCUT2D eigenvalue weighted by Gasteiger charge is -2.29. The smallest absolute Gasteiger partial charge is 0.343 e. The lowest BCUT2D eigenvalue weighted by molar-refractivity contribution is -0.119. The van der Waals surface area contributed by atoms with Crippen LogP contribution in [0.15, 0.2) is 9.95 Å². The monoisotopic (exact) mass is 342 g/mol. The summed E-state index contributed by atoms with van der Waals surface area (Å²) in [4.78, 5) is 23.9. The topological polar surface area (TPSA) is 89.0 Å². The van der Waals surface area contributed by atoms with Crippen LogP contribution in [0.25, 0.3) is 0 Å². The number of aromatic nitrogens is 3. The van der Waals surface area contributed by atoms with E-state index in [9.17, 15) is 9.59 Å². The molecule has 0 aliphatic heterocycles. The van der Waals surface area contributed by atoms with Gasteiger partial charge >= 0.3 is 5.69 Å². The minimum absolute atomic E-state index is 0.00707. The van der Waals surface area contributed by atoms with Crippen molar-refractivity contribution < 1.29 is 9.53 Å². The number of nitrogens with zero attached hydrogens (tertiary/aromatic N) is 2. The maximum atomic E-state index is 12.1. The number of hydrogen-bond acceptors (Lipinski definition) is 5. The predicted octanol–water partition coefficient (Wildman–Crippen LogP) is 1.39. The van der Waals surface area contributed by atoms with Crippen molar-refractivity contribution >= 4 is 17.7 Å². The number of hydrogen-bond donors (Lipinski definition) is 2. The highest BCUT2D eigenvalue weighted by atomic mass is 32.2. The summed E-state index contributed by atoms with van der Waals surface area (Å²) in [7, 11) is 1.63. The van der Waals surface area contributed by atoms with Crippen molar-refractivity contribution in [1.29, 1.82) is 0 Å². The molecule has 0 bridgehead atoms. The minimum atomic E-state index is -0.245. The van der Waals surface area contributed by atoms with E-state index < -0.39 is 0 Å². The van der Waals surface area contributed by atoms with Crippen LogP contribution in [0.3, 0.4) is 0 Å². The van der Waals surface area contributed by atoms with Crippen molar-refractivity contribution in [2.75, 3.05) is 19.5 Å². The van der Waals surface area contributed by atoms with Gasteiger partial charge in [0.2, 0.25) is 5.91 Å². The van der Waals surface area contributed by atoms with Gasteiger partial charge in [0.1, 0.15) is 0 Å². The van der Waals surface area contributed by atoms with E-state index >= 15 is 0 Å². The van der Waals surface area contributed by atoms with Crippen LogP contribution in [0.1, 0.15) is 39.0 Å². The molecule has 1 saturated carbocycles. The Bertz CT molecular complexity index is 557. The van der Waals surface area contributed by atoms with Crippen LogP contribution in [0.2, 0.25) is 0 Å². The second kappa shape index (κ2) is 9.12. The molecule has 2 atom stereocenters. The first-order chi connectivity index (χ1) is 11.1. The zero-order chi connectivity index (χ0) is 16.7. The third kappa shape index (κ3) is 5.39. The Hall–Kier alpha value is -1.28. The molecule has 7 nitrogen and oxygen atoms in total. The molecule has 0 aromatic carbocycles. The molecule has 1 aliphatic rings. The molecule has 2 N–H and O–H groups in total. The zero-order valence-electron chi connectivity index (χ0n) is 13.8. The molecule has 1 aromatic rings. The summed E-state index contributed by atoms with van der Waals surface area (Å²) < 4.78 is 6.55. The lowest BCUT2D eigenvalue weighted by Crippen LogP contribution is -2.41. The molecule has 23 heavy (non-hydrogen) atoms. The summed E-state index contributed by atoms with van der Waals surface area (Å²) in [6, 6.07) is 0.278.